The van der Waals surface area contributed by atoms with Gasteiger partial charge in [-0.05, 0) is 18.2 Å². The Hall–Kier alpha value is -3.29. The fraction of sp³-hybridized carbons (Fsp3) is 0.176. The molecule has 3 rings (SSSR count). The number of hydrogen-bond acceptors (Lipinski definition) is 5. The molecular formula is C17H14FN3O4. The van der Waals surface area contributed by atoms with Gasteiger partial charge in [0.05, 0.1) is 4.92 Å². The van der Waals surface area contributed by atoms with Crippen LogP contribution in [0.4, 0.5) is 10.1 Å². The Morgan fingerprint density at radius 1 is 1.28 bits per heavy atom. The number of carbonyl (C=O) groups is 1. The smallest absolute Gasteiger partial charge is 0.270 e. The first-order chi connectivity index (χ1) is 11.8. The molecule has 0 aromatic heterocycles. The lowest BCUT2D eigenvalue weighted by atomic mass is 10.0. The van der Waals surface area contributed by atoms with Crippen LogP contribution >= 0.6 is 0 Å². The molecule has 7 nitrogen and oxygen atoms in total. The van der Waals surface area contributed by atoms with E-state index in [-0.39, 0.29) is 17.5 Å². The fourth-order valence-corrected chi connectivity index (χ4v) is 2.62. The predicted molar refractivity (Wildman–Crippen MR) is 87.0 cm³/mol. The van der Waals surface area contributed by atoms with Crippen molar-refractivity contribution in [3.05, 3.63) is 75.6 Å². The average molecular weight is 343 g/mol. The van der Waals surface area contributed by atoms with E-state index >= 15 is 0 Å². The molecule has 0 radical (unpaired) electrons. The summed E-state index contributed by atoms with van der Waals surface area (Å²) >= 11 is 0. The molecule has 2 aromatic carbocycles. The summed E-state index contributed by atoms with van der Waals surface area (Å²) in [6.45, 7) is 2.94. The molecular weight excluding hydrogens is 329 g/mol. The first-order valence-corrected chi connectivity index (χ1v) is 7.40. The van der Waals surface area contributed by atoms with E-state index in [1.165, 1.54) is 49.4 Å². The normalized spacial score (nSPS) is 19.3. The minimum atomic E-state index is -1.28. The van der Waals surface area contributed by atoms with Crippen LogP contribution in [0.5, 0.6) is 0 Å². The number of hydrogen-bond donors (Lipinski definition) is 0. The maximum absolute atomic E-state index is 13.2. The maximum atomic E-state index is 13.2. The number of rotatable bonds is 3. The van der Waals surface area contributed by atoms with E-state index in [2.05, 4.69) is 5.10 Å². The molecule has 0 aliphatic carbocycles. The molecule has 25 heavy (non-hydrogen) atoms. The largest absolute Gasteiger partial charge is 0.443 e. The molecule has 0 fully saturated rings. The molecule has 1 aliphatic rings. The maximum Gasteiger partial charge on any atom is 0.270 e. The van der Waals surface area contributed by atoms with Crippen molar-refractivity contribution in [3.63, 3.8) is 0 Å². The van der Waals surface area contributed by atoms with Gasteiger partial charge in [0.25, 0.3) is 5.69 Å². The second-order valence-corrected chi connectivity index (χ2v) is 5.64. The first kappa shape index (κ1) is 16.6. The molecule has 0 N–H and O–H groups in total. The molecule has 0 saturated heterocycles. The highest BCUT2D eigenvalue weighted by atomic mass is 19.1. The Labute approximate surface area is 142 Å². The van der Waals surface area contributed by atoms with Crippen LogP contribution in [0.1, 0.15) is 25.0 Å². The molecule has 128 valence electrons. The Kier molecular flexibility index (Phi) is 3.96. The van der Waals surface area contributed by atoms with E-state index in [9.17, 15) is 19.3 Å². The summed E-state index contributed by atoms with van der Waals surface area (Å²) in [5.74, 6) is -0.725. The van der Waals surface area contributed by atoms with Crippen molar-refractivity contribution < 1.29 is 18.8 Å². The zero-order valence-corrected chi connectivity index (χ0v) is 13.5. The third kappa shape index (κ3) is 2.93. The highest BCUT2D eigenvalue weighted by Gasteiger charge is 2.45. The lowest BCUT2D eigenvalue weighted by molar-refractivity contribution is -0.384. The molecule has 1 heterocycles. The number of nitro benzene ring substituents is 1. The van der Waals surface area contributed by atoms with Gasteiger partial charge in [0, 0.05) is 37.1 Å². The molecule has 0 bridgehead atoms. The highest BCUT2D eigenvalue weighted by molar-refractivity contribution is 5.97. The number of non-ortho nitro benzene ring substituents is 1. The molecule has 0 unspecified atom stereocenters. The number of ether oxygens (including phenoxy) is 1. The highest BCUT2D eigenvalue weighted by Crippen LogP contribution is 2.36. The number of amides is 1. The van der Waals surface area contributed by atoms with Gasteiger partial charge in [-0.2, -0.15) is 5.01 Å². The summed E-state index contributed by atoms with van der Waals surface area (Å²) in [7, 11) is 0. The van der Waals surface area contributed by atoms with Crippen LogP contribution < -0.4 is 0 Å². The van der Waals surface area contributed by atoms with Crippen LogP contribution in [-0.4, -0.2) is 21.7 Å². The van der Waals surface area contributed by atoms with Gasteiger partial charge in [-0.25, -0.2) is 4.39 Å². The van der Waals surface area contributed by atoms with Crippen LogP contribution in [-0.2, 0) is 15.3 Å². The number of halogens is 1. The molecule has 8 heteroatoms. The van der Waals surface area contributed by atoms with Gasteiger partial charge in [0.15, 0.2) is 0 Å². The molecule has 1 amide bonds. The number of nitrogens with zero attached hydrogens (tertiary/aromatic N) is 3. The van der Waals surface area contributed by atoms with Gasteiger partial charge in [-0.1, -0.05) is 18.2 Å². The third-order valence-electron chi connectivity index (χ3n) is 3.87. The van der Waals surface area contributed by atoms with Crippen LogP contribution in [0.3, 0.4) is 0 Å². The monoisotopic (exact) mass is 343 g/mol. The minimum Gasteiger partial charge on any atom is -0.443 e. The van der Waals surface area contributed by atoms with Crippen molar-refractivity contribution >= 4 is 17.5 Å². The summed E-state index contributed by atoms with van der Waals surface area (Å²) in [5, 5.41) is 16.3. The predicted octanol–water partition coefficient (Wildman–Crippen LogP) is 3.15. The van der Waals surface area contributed by atoms with E-state index in [1.54, 1.807) is 13.0 Å². The first-order valence-electron chi connectivity index (χ1n) is 7.40. The number of benzene rings is 2. The quantitative estimate of drug-likeness (QED) is 0.633. The van der Waals surface area contributed by atoms with Crippen molar-refractivity contribution in [2.75, 3.05) is 0 Å². The fourth-order valence-electron chi connectivity index (χ4n) is 2.62. The summed E-state index contributed by atoms with van der Waals surface area (Å²) < 4.78 is 19.1. The summed E-state index contributed by atoms with van der Waals surface area (Å²) in [6.07, 6.45) is 0. The van der Waals surface area contributed by atoms with E-state index in [0.717, 1.165) is 5.01 Å². The van der Waals surface area contributed by atoms with E-state index in [1.807, 2.05) is 0 Å². The van der Waals surface area contributed by atoms with Crippen molar-refractivity contribution in [1.29, 1.82) is 0 Å². The minimum absolute atomic E-state index is 0.0747. The Bertz CT molecular complexity index is 882. The Morgan fingerprint density at radius 3 is 2.56 bits per heavy atom. The lowest BCUT2D eigenvalue weighted by Gasteiger charge is -2.31. The average Bonchev–Trinajstić information content (AvgIpc) is 2.95. The van der Waals surface area contributed by atoms with E-state index in [0.29, 0.717) is 11.1 Å². The van der Waals surface area contributed by atoms with Gasteiger partial charge >= 0.3 is 0 Å². The van der Waals surface area contributed by atoms with Crippen molar-refractivity contribution in [2.24, 2.45) is 5.10 Å². The van der Waals surface area contributed by atoms with Crippen LogP contribution in [0.2, 0.25) is 0 Å². The zero-order valence-electron chi connectivity index (χ0n) is 13.5. The molecule has 1 aliphatic heterocycles. The van der Waals surface area contributed by atoms with E-state index in [4.69, 9.17) is 4.74 Å². The molecule has 1 atom stereocenters. The summed E-state index contributed by atoms with van der Waals surface area (Å²) in [6, 6.07) is 11.3. The summed E-state index contributed by atoms with van der Waals surface area (Å²) in [5.41, 5.74) is -0.507. The van der Waals surface area contributed by atoms with Gasteiger partial charge in [-0.15, -0.1) is 5.10 Å². The standard InChI is InChI=1S/C17H14FN3O4/c1-11(22)20-17(2,13-6-8-14(18)9-7-13)25-16(19-20)12-4-3-5-15(10-12)21(23)24/h3-10H,1-2H3/t17-/m1/s1. The number of nitro groups is 1. The van der Waals surface area contributed by atoms with E-state index < -0.39 is 16.5 Å². The second-order valence-electron chi connectivity index (χ2n) is 5.64. The Morgan fingerprint density at radius 2 is 1.96 bits per heavy atom. The lowest BCUT2D eigenvalue weighted by Crippen LogP contribution is -2.41. The number of carbonyl (C=O) groups excluding carboxylic acids is 1. The van der Waals surface area contributed by atoms with Crippen molar-refractivity contribution in [3.8, 4) is 0 Å². The zero-order chi connectivity index (χ0) is 18.2. The van der Waals surface area contributed by atoms with Gasteiger partial charge in [0.1, 0.15) is 5.82 Å². The summed E-state index contributed by atoms with van der Waals surface area (Å²) in [4.78, 5) is 22.4. The van der Waals surface area contributed by atoms with Gasteiger partial charge in [-0.3, -0.25) is 14.9 Å². The molecule has 0 saturated carbocycles. The van der Waals surface area contributed by atoms with Crippen LogP contribution in [0.25, 0.3) is 0 Å². The second kappa shape index (κ2) is 5.97. The Balaban J connectivity index is 2.03. The van der Waals surface area contributed by atoms with Gasteiger partial charge in [0.2, 0.25) is 17.5 Å². The number of hydrazone groups is 1. The van der Waals surface area contributed by atoms with Crippen molar-refractivity contribution in [2.45, 2.75) is 19.6 Å². The SMILES string of the molecule is CC(=O)N1N=C(c2cccc([N+](=O)[O-])c2)O[C@]1(C)c1ccc(F)cc1. The third-order valence-corrected chi connectivity index (χ3v) is 3.87. The van der Waals surface area contributed by atoms with Crippen molar-refractivity contribution in [1.82, 2.24) is 5.01 Å². The van der Waals surface area contributed by atoms with Crippen LogP contribution in [0, 0.1) is 15.9 Å². The molecule has 0 spiro atoms. The van der Waals surface area contributed by atoms with Crippen LogP contribution in [0.15, 0.2) is 53.6 Å². The molecule has 2 aromatic rings. The topological polar surface area (TPSA) is 85.0 Å². The van der Waals surface area contributed by atoms with Gasteiger partial charge < -0.3 is 4.74 Å².